The molecule has 1 N–H and O–H groups in total. The molecule has 0 spiro atoms. The van der Waals surface area contributed by atoms with Crippen molar-refractivity contribution in [3.8, 4) is 5.75 Å². The van der Waals surface area contributed by atoms with Crippen LogP contribution in [0.2, 0.25) is 0 Å². The molecule has 0 aliphatic heterocycles. The lowest BCUT2D eigenvalue weighted by atomic mass is 10.2. The molecule has 0 saturated carbocycles. The summed E-state index contributed by atoms with van der Waals surface area (Å²) in [7, 11) is -1.90. The first kappa shape index (κ1) is 25.2. The van der Waals surface area contributed by atoms with Gasteiger partial charge < -0.3 is 14.8 Å². The molecule has 0 saturated heterocycles. The van der Waals surface area contributed by atoms with Crippen molar-refractivity contribution in [1.82, 2.24) is 0 Å². The largest absolute Gasteiger partial charge is 0.481 e. The second-order valence-electron chi connectivity index (χ2n) is 7.30. The van der Waals surface area contributed by atoms with Gasteiger partial charge in [0.1, 0.15) is 5.75 Å². The van der Waals surface area contributed by atoms with Crippen LogP contribution in [-0.2, 0) is 19.6 Å². The van der Waals surface area contributed by atoms with Crippen molar-refractivity contribution in [1.29, 1.82) is 0 Å². The molecule has 2 aromatic rings. The number of amides is 1. The number of hydrogen-bond donors (Lipinski definition) is 1. The van der Waals surface area contributed by atoms with Crippen LogP contribution in [0.5, 0.6) is 5.75 Å². The molecular formula is C23H30N2O6S. The van der Waals surface area contributed by atoms with Crippen LogP contribution in [0.4, 0.5) is 11.4 Å². The molecule has 0 fully saturated rings. The third kappa shape index (κ3) is 7.26. The van der Waals surface area contributed by atoms with Crippen molar-refractivity contribution in [3.05, 3.63) is 54.1 Å². The Morgan fingerprint density at radius 2 is 1.66 bits per heavy atom. The van der Waals surface area contributed by atoms with Gasteiger partial charge in [-0.3, -0.25) is 9.10 Å². The molecule has 0 radical (unpaired) electrons. The summed E-state index contributed by atoms with van der Waals surface area (Å²) in [5.74, 6) is -0.276. The molecule has 1 unspecified atom stereocenters. The number of nitrogens with one attached hydrogen (secondary N) is 1. The van der Waals surface area contributed by atoms with Gasteiger partial charge in [-0.2, -0.15) is 0 Å². The Bertz CT molecular complexity index is 1000. The minimum absolute atomic E-state index is 0.330. The van der Waals surface area contributed by atoms with Gasteiger partial charge >= 0.3 is 5.97 Å². The summed E-state index contributed by atoms with van der Waals surface area (Å²) in [4.78, 5) is 24.6. The second-order valence-corrected chi connectivity index (χ2v) is 9.31. The summed E-state index contributed by atoms with van der Waals surface area (Å²) in [5.41, 5.74) is 1.44. The van der Waals surface area contributed by atoms with Crippen molar-refractivity contribution >= 4 is 33.3 Å². The molecular weight excluding hydrogens is 432 g/mol. The van der Waals surface area contributed by atoms with E-state index in [1.807, 2.05) is 13.8 Å². The number of carbonyl (C=O) groups excluding carboxylic acids is 2. The van der Waals surface area contributed by atoms with Gasteiger partial charge in [-0.1, -0.05) is 20.3 Å². The van der Waals surface area contributed by atoms with Crippen LogP contribution in [0.15, 0.2) is 48.5 Å². The standard InChI is InChI=1S/C23H30N2O6S/c1-5-7-16-30-23(27)17-8-10-18(11-9-17)24-22(26)21(6-2)31-20-14-12-19(13-15-20)25(3)32(4,28)29/h8-15,21H,5-7,16H2,1-4H3,(H,24,26). The fraction of sp³-hybridized carbons (Fsp3) is 0.391. The number of nitrogens with zero attached hydrogens (tertiary/aromatic N) is 1. The molecule has 0 aliphatic carbocycles. The Morgan fingerprint density at radius 3 is 2.19 bits per heavy atom. The van der Waals surface area contributed by atoms with E-state index in [0.717, 1.165) is 23.4 Å². The molecule has 174 valence electrons. The maximum atomic E-state index is 12.6. The number of ether oxygens (including phenoxy) is 2. The highest BCUT2D eigenvalue weighted by molar-refractivity contribution is 7.92. The Kier molecular flexibility index (Phi) is 9.07. The number of carbonyl (C=O) groups is 2. The number of rotatable bonds is 11. The minimum atomic E-state index is -3.36. The number of anilines is 2. The normalized spacial score (nSPS) is 12.0. The van der Waals surface area contributed by atoms with Crippen LogP contribution in [0, 0.1) is 0 Å². The second kappa shape index (κ2) is 11.5. The van der Waals surface area contributed by atoms with E-state index in [1.165, 1.54) is 7.05 Å². The zero-order valence-corrected chi connectivity index (χ0v) is 19.6. The molecule has 0 heterocycles. The van der Waals surface area contributed by atoms with Gasteiger partial charge in [-0.05, 0) is 61.4 Å². The molecule has 2 rings (SSSR count). The number of unbranched alkanes of at least 4 members (excludes halogenated alkanes) is 1. The van der Waals surface area contributed by atoms with E-state index >= 15 is 0 Å². The van der Waals surface area contributed by atoms with Crippen LogP contribution < -0.4 is 14.4 Å². The number of esters is 1. The third-order valence-electron chi connectivity index (χ3n) is 4.76. The Hall–Kier alpha value is -3.07. The Balaban J connectivity index is 1.97. The van der Waals surface area contributed by atoms with Gasteiger partial charge in [-0.25, -0.2) is 13.2 Å². The van der Waals surface area contributed by atoms with E-state index in [9.17, 15) is 18.0 Å². The molecule has 8 nitrogen and oxygen atoms in total. The van der Waals surface area contributed by atoms with Crippen LogP contribution in [0.3, 0.4) is 0 Å². The average Bonchev–Trinajstić information content (AvgIpc) is 2.77. The van der Waals surface area contributed by atoms with Gasteiger partial charge in [0.05, 0.1) is 24.1 Å². The lowest BCUT2D eigenvalue weighted by Gasteiger charge is -2.19. The third-order valence-corrected chi connectivity index (χ3v) is 5.96. The maximum absolute atomic E-state index is 12.6. The van der Waals surface area contributed by atoms with Gasteiger partial charge in [-0.15, -0.1) is 0 Å². The summed E-state index contributed by atoms with van der Waals surface area (Å²) in [6.07, 6.45) is 2.57. The van der Waals surface area contributed by atoms with E-state index in [4.69, 9.17) is 9.47 Å². The highest BCUT2D eigenvalue weighted by atomic mass is 32.2. The van der Waals surface area contributed by atoms with Crippen LogP contribution >= 0.6 is 0 Å². The van der Waals surface area contributed by atoms with Gasteiger partial charge in [0.25, 0.3) is 5.91 Å². The van der Waals surface area contributed by atoms with E-state index in [1.54, 1.807) is 48.5 Å². The highest BCUT2D eigenvalue weighted by Gasteiger charge is 2.19. The minimum Gasteiger partial charge on any atom is -0.481 e. The first-order chi connectivity index (χ1) is 15.2. The van der Waals surface area contributed by atoms with Crippen LogP contribution in [0.25, 0.3) is 0 Å². The predicted molar refractivity (Wildman–Crippen MR) is 125 cm³/mol. The van der Waals surface area contributed by atoms with Crippen molar-refractivity contribution in [2.24, 2.45) is 0 Å². The molecule has 0 aliphatic rings. The molecule has 0 bridgehead atoms. The maximum Gasteiger partial charge on any atom is 0.338 e. The van der Waals surface area contributed by atoms with Gasteiger partial charge in [0.2, 0.25) is 10.0 Å². The smallest absolute Gasteiger partial charge is 0.338 e. The van der Waals surface area contributed by atoms with Gasteiger partial charge in [0.15, 0.2) is 6.10 Å². The molecule has 1 atom stereocenters. The van der Waals surface area contributed by atoms with Crippen molar-refractivity contribution in [2.75, 3.05) is 29.5 Å². The summed E-state index contributed by atoms with van der Waals surface area (Å²) in [6, 6.07) is 12.9. The summed E-state index contributed by atoms with van der Waals surface area (Å²) >= 11 is 0. The summed E-state index contributed by atoms with van der Waals surface area (Å²) < 4.78 is 35.4. The fourth-order valence-electron chi connectivity index (χ4n) is 2.72. The van der Waals surface area contributed by atoms with Gasteiger partial charge in [0, 0.05) is 12.7 Å². The molecule has 1 amide bonds. The predicted octanol–water partition coefficient (Wildman–Crippen LogP) is 3.84. The summed E-state index contributed by atoms with van der Waals surface area (Å²) in [6.45, 7) is 4.23. The lowest BCUT2D eigenvalue weighted by Crippen LogP contribution is -2.32. The zero-order chi connectivity index (χ0) is 23.7. The molecule has 32 heavy (non-hydrogen) atoms. The van der Waals surface area contributed by atoms with Crippen molar-refractivity contribution in [3.63, 3.8) is 0 Å². The highest BCUT2D eigenvalue weighted by Crippen LogP contribution is 2.22. The van der Waals surface area contributed by atoms with Crippen LogP contribution in [0.1, 0.15) is 43.5 Å². The number of hydrogen-bond acceptors (Lipinski definition) is 6. The van der Waals surface area contributed by atoms with Crippen LogP contribution in [-0.4, -0.2) is 46.3 Å². The summed E-state index contributed by atoms with van der Waals surface area (Å²) in [5, 5.41) is 2.78. The van der Waals surface area contributed by atoms with Crippen molar-refractivity contribution in [2.45, 2.75) is 39.2 Å². The molecule has 0 aromatic heterocycles. The zero-order valence-electron chi connectivity index (χ0n) is 18.8. The van der Waals surface area contributed by atoms with E-state index in [2.05, 4.69) is 5.32 Å². The van der Waals surface area contributed by atoms with E-state index < -0.39 is 22.1 Å². The SMILES string of the molecule is CCCCOC(=O)c1ccc(NC(=O)C(CC)Oc2ccc(N(C)S(C)(=O)=O)cc2)cc1. The topological polar surface area (TPSA) is 102 Å². The quantitative estimate of drug-likeness (QED) is 0.402. The lowest BCUT2D eigenvalue weighted by molar-refractivity contribution is -0.122. The Morgan fingerprint density at radius 1 is 1.03 bits per heavy atom. The molecule has 9 heteroatoms. The average molecular weight is 463 g/mol. The molecule has 2 aromatic carbocycles. The van der Waals surface area contributed by atoms with Crippen molar-refractivity contribution < 1.29 is 27.5 Å². The number of sulfonamides is 1. The van der Waals surface area contributed by atoms with E-state index in [-0.39, 0.29) is 5.91 Å². The fourth-order valence-corrected chi connectivity index (χ4v) is 3.22. The van der Waals surface area contributed by atoms with E-state index in [0.29, 0.717) is 35.7 Å². The first-order valence-electron chi connectivity index (χ1n) is 10.4. The first-order valence-corrected chi connectivity index (χ1v) is 12.3. The Labute approximate surface area is 189 Å². The number of benzene rings is 2. The monoisotopic (exact) mass is 462 g/mol.